The number of benzene rings is 3. The summed E-state index contributed by atoms with van der Waals surface area (Å²) >= 11 is 9.55. The Balaban J connectivity index is 1.55. The quantitative estimate of drug-likeness (QED) is 0.347. The standard InChI is InChI=1S/C26H15BrClNO5/c27-14-8-10-16(11-9-14)29-24(32)19-20(25(29)33)26(34-21(19)13-4-3-5-15(28)12-13)22(30)17-6-1-2-7-18(17)23(26)31/h1-12,19-21H/t19-,20+,21+/m0/s1. The molecule has 1 aliphatic carbocycles. The van der Waals surface area contributed by atoms with Gasteiger partial charge >= 0.3 is 0 Å². The van der Waals surface area contributed by atoms with Crippen LogP contribution in [0.3, 0.4) is 0 Å². The zero-order valence-electron chi connectivity index (χ0n) is 17.4. The third-order valence-electron chi connectivity index (χ3n) is 6.78. The number of hydrogen-bond acceptors (Lipinski definition) is 5. The molecule has 1 spiro atoms. The molecule has 2 heterocycles. The minimum atomic E-state index is -2.10. The SMILES string of the molecule is O=C1[C@@H]2[C@@H](c3cccc(Cl)c3)OC3(C(=O)c4ccccc4C3=O)[C@H]2C(=O)N1c1ccc(Br)cc1. The van der Waals surface area contributed by atoms with Crippen molar-refractivity contribution in [2.24, 2.45) is 11.8 Å². The molecule has 2 saturated heterocycles. The van der Waals surface area contributed by atoms with E-state index in [0.717, 1.165) is 9.37 Å². The molecule has 2 amide bonds. The van der Waals surface area contributed by atoms with Crippen LogP contribution in [0.1, 0.15) is 32.4 Å². The Morgan fingerprint density at radius 1 is 0.824 bits per heavy atom. The van der Waals surface area contributed by atoms with Crippen LogP contribution in [0.15, 0.2) is 77.3 Å². The number of Topliss-reactive ketones (excluding diaryl/α,β-unsaturated/α-hetero) is 2. The Morgan fingerprint density at radius 3 is 2.09 bits per heavy atom. The molecule has 2 aliphatic heterocycles. The second-order valence-electron chi connectivity index (χ2n) is 8.52. The van der Waals surface area contributed by atoms with Crippen LogP contribution in [0.2, 0.25) is 5.02 Å². The van der Waals surface area contributed by atoms with Gasteiger partial charge < -0.3 is 4.74 Å². The molecule has 34 heavy (non-hydrogen) atoms. The minimum absolute atomic E-state index is 0.195. The predicted octanol–water partition coefficient (Wildman–Crippen LogP) is 4.80. The molecular formula is C26H15BrClNO5. The molecule has 6 rings (SSSR count). The molecule has 0 unspecified atom stereocenters. The number of carbonyl (C=O) groups is 4. The maximum absolute atomic E-state index is 13.8. The number of amides is 2. The lowest BCUT2D eigenvalue weighted by Crippen LogP contribution is -2.51. The maximum Gasteiger partial charge on any atom is 0.241 e. The van der Waals surface area contributed by atoms with Crippen molar-refractivity contribution in [3.05, 3.63) is 99.0 Å². The number of fused-ring (bicyclic) bond motifs is 3. The highest BCUT2D eigenvalue weighted by molar-refractivity contribution is 9.10. The summed E-state index contributed by atoms with van der Waals surface area (Å²) < 4.78 is 7.02. The molecule has 0 bridgehead atoms. The van der Waals surface area contributed by atoms with Crippen LogP contribution in [0.5, 0.6) is 0 Å². The molecule has 3 atom stereocenters. The second kappa shape index (κ2) is 7.43. The number of hydrogen-bond donors (Lipinski definition) is 0. The van der Waals surface area contributed by atoms with Crippen molar-refractivity contribution in [1.29, 1.82) is 0 Å². The molecule has 2 fully saturated rings. The van der Waals surface area contributed by atoms with Gasteiger partial charge in [-0.05, 0) is 42.0 Å². The van der Waals surface area contributed by atoms with Gasteiger partial charge in [-0.15, -0.1) is 0 Å². The largest absolute Gasteiger partial charge is 0.349 e. The average molecular weight is 537 g/mol. The molecule has 0 radical (unpaired) electrons. The van der Waals surface area contributed by atoms with Gasteiger partial charge in [0, 0.05) is 20.6 Å². The summed E-state index contributed by atoms with van der Waals surface area (Å²) in [5, 5.41) is 0.410. The Hall–Kier alpha value is -3.13. The van der Waals surface area contributed by atoms with Crippen LogP contribution >= 0.6 is 27.5 Å². The van der Waals surface area contributed by atoms with Crippen LogP contribution in [0.4, 0.5) is 5.69 Å². The van der Waals surface area contributed by atoms with E-state index >= 15 is 0 Å². The van der Waals surface area contributed by atoms with E-state index in [-0.39, 0.29) is 11.1 Å². The number of carbonyl (C=O) groups excluding carboxylic acids is 4. The first-order valence-corrected chi connectivity index (χ1v) is 11.8. The van der Waals surface area contributed by atoms with E-state index in [1.165, 1.54) is 0 Å². The highest BCUT2D eigenvalue weighted by Gasteiger charge is 2.74. The molecule has 0 N–H and O–H groups in total. The predicted molar refractivity (Wildman–Crippen MR) is 127 cm³/mol. The second-order valence-corrected chi connectivity index (χ2v) is 9.88. The van der Waals surface area contributed by atoms with Crippen molar-refractivity contribution in [3.63, 3.8) is 0 Å². The van der Waals surface area contributed by atoms with E-state index in [1.54, 1.807) is 72.8 Å². The Kier molecular flexibility index (Phi) is 4.68. The van der Waals surface area contributed by atoms with Gasteiger partial charge in [-0.1, -0.05) is 63.9 Å². The van der Waals surface area contributed by atoms with Crippen LogP contribution in [0, 0.1) is 11.8 Å². The van der Waals surface area contributed by atoms with E-state index in [4.69, 9.17) is 16.3 Å². The van der Waals surface area contributed by atoms with Gasteiger partial charge in [-0.3, -0.25) is 19.2 Å². The van der Waals surface area contributed by atoms with Gasteiger partial charge in [-0.25, -0.2) is 4.90 Å². The number of ether oxygens (including phenoxy) is 1. The van der Waals surface area contributed by atoms with Gasteiger partial charge in [0.2, 0.25) is 29.0 Å². The fourth-order valence-corrected chi connectivity index (χ4v) is 5.81. The van der Waals surface area contributed by atoms with Gasteiger partial charge in [0.25, 0.3) is 0 Å². The van der Waals surface area contributed by atoms with E-state index in [9.17, 15) is 19.2 Å². The fraction of sp³-hybridized carbons (Fsp3) is 0.154. The van der Waals surface area contributed by atoms with Gasteiger partial charge in [-0.2, -0.15) is 0 Å². The van der Waals surface area contributed by atoms with E-state index in [2.05, 4.69) is 15.9 Å². The van der Waals surface area contributed by atoms with Gasteiger partial charge in [0.05, 0.1) is 23.6 Å². The zero-order valence-corrected chi connectivity index (χ0v) is 19.7. The van der Waals surface area contributed by atoms with Crippen molar-refractivity contribution in [3.8, 4) is 0 Å². The molecule has 3 aliphatic rings. The van der Waals surface area contributed by atoms with Crippen LogP contribution in [-0.2, 0) is 14.3 Å². The molecule has 0 saturated carbocycles. The van der Waals surface area contributed by atoms with Gasteiger partial charge in [0.15, 0.2) is 0 Å². The summed E-state index contributed by atoms with van der Waals surface area (Å²) in [4.78, 5) is 56.0. The Bertz CT molecular complexity index is 1380. The van der Waals surface area contributed by atoms with E-state index < -0.39 is 46.9 Å². The summed E-state index contributed by atoms with van der Waals surface area (Å²) in [6.45, 7) is 0. The molecular weight excluding hydrogens is 522 g/mol. The smallest absolute Gasteiger partial charge is 0.241 e. The molecule has 0 aromatic heterocycles. The van der Waals surface area contributed by atoms with Crippen molar-refractivity contribution in [1.82, 2.24) is 0 Å². The first kappa shape index (κ1) is 21.4. The molecule has 168 valence electrons. The molecule has 6 nitrogen and oxygen atoms in total. The molecule has 3 aromatic carbocycles. The maximum atomic E-state index is 13.8. The van der Waals surface area contributed by atoms with Crippen molar-refractivity contribution >= 4 is 56.6 Å². The Labute approximate surface area is 207 Å². The summed E-state index contributed by atoms with van der Waals surface area (Å²) in [6, 6.07) is 19.8. The Morgan fingerprint density at radius 2 is 1.47 bits per heavy atom. The first-order valence-electron chi connectivity index (χ1n) is 10.6. The highest BCUT2D eigenvalue weighted by Crippen LogP contribution is 2.57. The third-order valence-corrected chi connectivity index (χ3v) is 7.54. The summed E-state index contributed by atoms with van der Waals surface area (Å²) in [6.07, 6.45) is -0.997. The number of rotatable bonds is 2. The van der Waals surface area contributed by atoms with Crippen LogP contribution in [0.25, 0.3) is 0 Å². The van der Waals surface area contributed by atoms with Crippen molar-refractivity contribution in [2.75, 3.05) is 4.90 Å². The summed E-state index contributed by atoms with van der Waals surface area (Å²) in [5.74, 6) is -4.68. The van der Waals surface area contributed by atoms with Crippen LogP contribution in [-0.4, -0.2) is 29.0 Å². The van der Waals surface area contributed by atoms with Crippen molar-refractivity contribution < 1.29 is 23.9 Å². The van der Waals surface area contributed by atoms with E-state index in [0.29, 0.717) is 16.3 Å². The lowest BCUT2D eigenvalue weighted by atomic mass is 9.77. The van der Waals surface area contributed by atoms with Gasteiger partial charge in [0.1, 0.15) is 0 Å². The average Bonchev–Trinajstić information content (AvgIpc) is 3.40. The van der Waals surface area contributed by atoms with Crippen LogP contribution < -0.4 is 4.90 Å². The topological polar surface area (TPSA) is 80.8 Å². The summed E-state index contributed by atoms with van der Waals surface area (Å²) in [5.41, 5.74) is -0.823. The monoisotopic (exact) mass is 535 g/mol. The highest BCUT2D eigenvalue weighted by atomic mass is 79.9. The third kappa shape index (κ3) is 2.72. The number of imide groups is 1. The minimum Gasteiger partial charge on any atom is -0.349 e. The normalized spacial score (nSPS) is 24.8. The zero-order chi connectivity index (χ0) is 23.8. The number of nitrogens with zero attached hydrogens (tertiary/aromatic N) is 1. The summed E-state index contributed by atoms with van der Waals surface area (Å²) in [7, 11) is 0. The number of anilines is 1. The van der Waals surface area contributed by atoms with E-state index in [1.807, 2.05) is 0 Å². The first-order chi connectivity index (χ1) is 16.3. The molecule has 3 aromatic rings. The fourth-order valence-electron chi connectivity index (χ4n) is 5.35. The lowest BCUT2D eigenvalue weighted by Gasteiger charge is -2.27. The number of ketones is 2. The van der Waals surface area contributed by atoms with Crippen molar-refractivity contribution in [2.45, 2.75) is 11.7 Å². The number of halogens is 2. The lowest BCUT2D eigenvalue weighted by molar-refractivity contribution is -0.127. The molecule has 8 heteroatoms.